The Bertz CT molecular complexity index is 1390. The Hall–Kier alpha value is -5.15. The first kappa shape index (κ1) is 24.5. The second-order valence-electron chi connectivity index (χ2n) is 7.12. The predicted octanol–water partition coefficient (Wildman–Crippen LogP) is -0.137. The van der Waals surface area contributed by atoms with Crippen LogP contribution in [-0.2, 0) is 16.1 Å². The lowest BCUT2D eigenvalue weighted by atomic mass is 10.1. The number of rotatable bonds is 10. The molecule has 0 spiro atoms. The van der Waals surface area contributed by atoms with Gasteiger partial charge in [0.2, 0.25) is 5.95 Å². The summed E-state index contributed by atoms with van der Waals surface area (Å²) in [5.41, 5.74) is 4.36. The summed E-state index contributed by atoms with van der Waals surface area (Å²) >= 11 is 0. The number of anilines is 2. The average Bonchev–Trinajstić information content (AvgIpc) is 2.79. The highest BCUT2D eigenvalue weighted by Gasteiger charge is 2.26. The van der Waals surface area contributed by atoms with Crippen LogP contribution in [0.3, 0.4) is 0 Å². The van der Waals surface area contributed by atoms with Crippen LogP contribution >= 0.6 is 0 Å². The topological polar surface area (TPSA) is 256 Å². The molecule has 0 aliphatic heterocycles. The van der Waals surface area contributed by atoms with Crippen molar-refractivity contribution >= 4 is 46.3 Å². The first-order chi connectivity index (χ1) is 16.5. The first-order valence-corrected chi connectivity index (χ1v) is 9.84. The fraction of sp³-hybridized carbons (Fsp3) is 0.211. The van der Waals surface area contributed by atoms with Gasteiger partial charge in [0.1, 0.15) is 11.6 Å². The van der Waals surface area contributed by atoms with Crippen LogP contribution in [-0.4, -0.2) is 59.0 Å². The number of fused-ring (bicyclic) bond motifs is 1. The second kappa shape index (κ2) is 10.2. The number of carboxylic acids is 2. The number of nitrogens with one attached hydrogen (secondary N) is 3. The highest BCUT2D eigenvalue weighted by atomic mass is 16.6. The first-order valence-electron chi connectivity index (χ1n) is 9.84. The number of nitrogen functional groups attached to an aromatic ring is 1. The summed E-state index contributed by atoms with van der Waals surface area (Å²) in [6.07, 6.45) is 0.414. The predicted molar refractivity (Wildman–Crippen MR) is 119 cm³/mol. The van der Waals surface area contributed by atoms with E-state index >= 15 is 0 Å². The van der Waals surface area contributed by atoms with Gasteiger partial charge in [0.05, 0.1) is 23.4 Å². The molecule has 182 valence electrons. The number of amides is 1. The minimum Gasteiger partial charge on any atom is -0.481 e. The van der Waals surface area contributed by atoms with E-state index in [1.165, 1.54) is 12.3 Å². The minimum absolute atomic E-state index is 0.00568. The molecule has 0 radical (unpaired) electrons. The summed E-state index contributed by atoms with van der Waals surface area (Å²) in [6, 6.07) is 1.98. The Labute approximate surface area is 194 Å². The Morgan fingerprint density at radius 1 is 1.23 bits per heavy atom. The lowest BCUT2D eigenvalue weighted by molar-refractivity contribution is -0.385. The average molecular weight is 486 g/mol. The summed E-state index contributed by atoms with van der Waals surface area (Å²) in [5.74, 6) is -3.90. The van der Waals surface area contributed by atoms with Crippen LogP contribution in [0.2, 0.25) is 0 Å². The summed E-state index contributed by atoms with van der Waals surface area (Å²) < 4.78 is 0. The number of carbonyl (C=O) groups excluding carboxylic acids is 1. The van der Waals surface area contributed by atoms with Gasteiger partial charge in [-0.3, -0.25) is 29.5 Å². The van der Waals surface area contributed by atoms with Crippen molar-refractivity contribution in [1.82, 2.24) is 25.3 Å². The highest BCUT2D eigenvalue weighted by Crippen LogP contribution is 2.24. The van der Waals surface area contributed by atoms with Crippen molar-refractivity contribution < 1.29 is 29.5 Å². The molecule has 0 aliphatic carbocycles. The van der Waals surface area contributed by atoms with Crippen LogP contribution < -0.4 is 21.9 Å². The molecule has 16 heteroatoms. The van der Waals surface area contributed by atoms with Gasteiger partial charge in [0.25, 0.3) is 17.2 Å². The Morgan fingerprint density at radius 2 is 1.97 bits per heavy atom. The van der Waals surface area contributed by atoms with Crippen molar-refractivity contribution in [3.63, 3.8) is 0 Å². The van der Waals surface area contributed by atoms with Crippen LogP contribution in [0, 0.1) is 10.1 Å². The molecule has 0 saturated carbocycles. The number of carbonyl (C=O) groups is 3. The van der Waals surface area contributed by atoms with Crippen molar-refractivity contribution in [2.24, 2.45) is 0 Å². The largest absolute Gasteiger partial charge is 0.481 e. The van der Waals surface area contributed by atoms with E-state index in [1.807, 2.05) is 0 Å². The van der Waals surface area contributed by atoms with Crippen LogP contribution in [0.1, 0.15) is 28.9 Å². The van der Waals surface area contributed by atoms with Gasteiger partial charge >= 0.3 is 11.9 Å². The Balaban J connectivity index is 1.78. The van der Waals surface area contributed by atoms with Crippen molar-refractivity contribution in [2.45, 2.75) is 25.4 Å². The zero-order chi connectivity index (χ0) is 25.7. The molecule has 2 heterocycles. The van der Waals surface area contributed by atoms with Crippen molar-refractivity contribution in [2.75, 3.05) is 11.1 Å². The Morgan fingerprint density at radius 3 is 2.63 bits per heavy atom. The third-order valence-corrected chi connectivity index (χ3v) is 4.65. The fourth-order valence-electron chi connectivity index (χ4n) is 2.99. The maximum Gasteiger partial charge on any atom is 0.326 e. The number of benzene rings is 1. The van der Waals surface area contributed by atoms with E-state index in [-0.39, 0.29) is 29.3 Å². The van der Waals surface area contributed by atoms with E-state index in [0.29, 0.717) is 5.69 Å². The molecule has 0 saturated heterocycles. The van der Waals surface area contributed by atoms with Gasteiger partial charge < -0.3 is 26.6 Å². The van der Waals surface area contributed by atoms with Crippen LogP contribution in [0.5, 0.6) is 0 Å². The molecular weight excluding hydrogens is 468 g/mol. The molecule has 0 aliphatic rings. The summed E-state index contributed by atoms with van der Waals surface area (Å²) in [6.45, 7) is 0.00568. The molecule has 3 aromatic rings. The molecule has 0 unspecified atom stereocenters. The number of hydrogen-bond acceptors (Lipinski definition) is 11. The molecular formula is C19H18N8O8. The number of aromatic amines is 1. The molecule has 35 heavy (non-hydrogen) atoms. The number of nitro groups is 1. The lowest BCUT2D eigenvalue weighted by Gasteiger charge is -2.14. The molecule has 1 amide bonds. The van der Waals surface area contributed by atoms with Gasteiger partial charge in [-0.05, 0) is 18.6 Å². The minimum atomic E-state index is -1.55. The van der Waals surface area contributed by atoms with Gasteiger partial charge in [0, 0.05) is 18.2 Å². The van der Waals surface area contributed by atoms with E-state index in [2.05, 4.69) is 30.6 Å². The molecule has 16 nitrogen and oxygen atoms in total. The number of aromatic nitrogens is 4. The van der Waals surface area contributed by atoms with Crippen LogP contribution in [0.25, 0.3) is 11.2 Å². The molecule has 7 N–H and O–H groups in total. The SMILES string of the molecule is Nc1nc2ncc(CNc3ccc(C(=O)N[C@@H](CCC(=O)O)C(=O)O)c([N+](=O)[O-])c3)nc2c(=O)[nH]1. The standard InChI is InChI=1S/C19H18N8O8/c20-19-25-15-14(17(31)26-19)23-9(7-22-15)6-21-8-1-2-10(12(5-8)27(34)35)16(30)24-11(18(32)33)3-4-13(28)29/h1-2,5,7,11,21H,3-4,6H2,(H,24,30)(H,28,29)(H,32,33)(H3,20,22,25,26,31)/t11-/m0/s1. The highest BCUT2D eigenvalue weighted by molar-refractivity contribution is 6.00. The number of hydrogen-bond donors (Lipinski definition) is 6. The van der Waals surface area contributed by atoms with Gasteiger partial charge in [0.15, 0.2) is 11.2 Å². The summed E-state index contributed by atoms with van der Waals surface area (Å²) in [7, 11) is 0. The third-order valence-electron chi connectivity index (χ3n) is 4.65. The molecule has 3 rings (SSSR count). The summed E-state index contributed by atoms with van der Waals surface area (Å²) in [5, 5.41) is 34.4. The zero-order valence-electron chi connectivity index (χ0n) is 17.7. The molecule has 0 fully saturated rings. The quantitative estimate of drug-likeness (QED) is 0.161. The molecule has 2 aromatic heterocycles. The van der Waals surface area contributed by atoms with Gasteiger partial charge in [-0.2, -0.15) is 4.98 Å². The zero-order valence-corrected chi connectivity index (χ0v) is 17.7. The second-order valence-corrected chi connectivity index (χ2v) is 7.12. The van der Waals surface area contributed by atoms with Crippen molar-refractivity contribution in [1.29, 1.82) is 0 Å². The van der Waals surface area contributed by atoms with Gasteiger partial charge in [-0.1, -0.05) is 0 Å². The summed E-state index contributed by atoms with van der Waals surface area (Å²) in [4.78, 5) is 71.4. The fourth-order valence-corrected chi connectivity index (χ4v) is 2.99. The van der Waals surface area contributed by atoms with Gasteiger partial charge in [-0.15, -0.1) is 0 Å². The molecule has 1 atom stereocenters. The Kier molecular flexibility index (Phi) is 7.13. The number of carboxylic acid groups (broad SMARTS) is 2. The van der Waals surface area contributed by atoms with E-state index in [1.54, 1.807) is 0 Å². The molecule has 0 bridgehead atoms. The third kappa shape index (κ3) is 6.01. The van der Waals surface area contributed by atoms with Crippen LogP contribution in [0.4, 0.5) is 17.3 Å². The normalized spacial score (nSPS) is 11.5. The van der Waals surface area contributed by atoms with Crippen molar-refractivity contribution in [3.05, 3.63) is 56.1 Å². The smallest absolute Gasteiger partial charge is 0.326 e. The lowest BCUT2D eigenvalue weighted by Crippen LogP contribution is -2.41. The number of nitro benzene ring substituents is 1. The van der Waals surface area contributed by atoms with Crippen LogP contribution in [0.15, 0.2) is 29.2 Å². The van der Waals surface area contributed by atoms with Crippen molar-refractivity contribution in [3.8, 4) is 0 Å². The van der Waals surface area contributed by atoms with E-state index in [4.69, 9.17) is 10.8 Å². The number of nitrogens with two attached hydrogens (primary N) is 1. The maximum absolute atomic E-state index is 12.5. The van der Waals surface area contributed by atoms with Gasteiger partial charge in [-0.25, -0.2) is 14.8 Å². The number of H-pyrrole nitrogens is 1. The number of aliphatic carboxylic acids is 2. The molecule has 1 aromatic carbocycles. The monoisotopic (exact) mass is 486 g/mol. The van der Waals surface area contributed by atoms with E-state index in [0.717, 1.165) is 12.1 Å². The number of nitrogens with zero attached hydrogens (tertiary/aromatic N) is 4. The maximum atomic E-state index is 12.5. The van der Waals surface area contributed by atoms with E-state index < -0.39 is 58.5 Å². The van der Waals surface area contributed by atoms with E-state index in [9.17, 15) is 34.4 Å².